The average Bonchev–Trinajstić information content (AvgIpc) is 2.48. The topological polar surface area (TPSA) is 60.9 Å². The van der Waals surface area contributed by atoms with E-state index in [4.69, 9.17) is 28.3 Å². The van der Waals surface area contributed by atoms with Gasteiger partial charge in [-0.2, -0.15) is 0 Å². The Morgan fingerprint density at radius 2 is 1.70 bits per heavy atom. The third-order valence-electron chi connectivity index (χ3n) is 3.21. The molecule has 0 unspecified atom stereocenters. The summed E-state index contributed by atoms with van der Waals surface area (Å²) >= 11 is 11.9. The van der Waals surface area contributed by atoms with Crippen LogP contribution in [0.3, 0.4) is 0 Å². The number of piperazine rings is 1. The van der Waals surface area contributed by atoms with Crippen molar-refractivity contribution < 1.29 is 14.7 Å². The van der Waals surface area contributed by atoms with Crippen LogP contribution in [0.4, 0.5) is 0 Å². The number of hydrogen-bond donors (Lipinski definition) is 1. The first kappa shape index (κ1) is 15.1. The van der Waals surface area contributed by atoms with E-state index in [0.29, 0.717) is 41.8 Å². The van der Waals surface area contributed by atoms with Crippen molar-refractivity contribution in [2.24, 2.45) is 0 Å². The lowest BCUT2D eigenvalue weighted by Gasteiger charge is -2.34. The summed E-state index contributed by atoms with van der Waals surface area (Å²) in [5, 5.41) is 9.61. The fraction of sp³-hybridized carbons (Fsp3) is 0.385. The summed E-state index contributed by atoms with van der Waals surface area (Å²) in [6, 6.07) is 4.75. The number of carbonyl (C=O) groups is 2. The van der Waals surface area contributed by atoms with Crippen molar-refractivity contribution in [3.05, 3.63) is 33.8 Å². The van der Waals surface area contributed by atoms with Crippen molar-refractivity contribution in [1.29, 1.82) is 0 Å². The number of benzene rings is 1. The molecule has 0 spiro atoms. The Morgan fingerprint density at radius 3 is 2.30 bits per heavy atom. The van der Waals surface area contributed by atoms with Gasteiger partial charge >= 0.3 is 0 Å². The van der Waals surface area contributed by atoms with Crippen LogP contribution in [0.5, 0.6) is 0 Å². The molecule has 0 aliphatic carbocycles. The van der Waals surface area contributed by atoms with Crippen molar-refractivity contribution in [3.63, 3.8) is 0 Å². The molecule has 5 nitrogen and oxygen atoms in total. The molecule has 0 saturated carbocycles. The predicted octanol–water partition coefficient (Wildman–Crippen LogP) is 1.27. The van der Waals surface area contributed by atoms with Gasteiger partial charge in [-0.15, -0.1) is 0 Å². The fourth-order valence-electron chi connectivity index (χ4n) is 2.09. The molecule has 1 aromatic rings. The van der Waals surface area contributed by atoms with Gasteiger partial charge in [0.05, 0.1) is 10.6 Å². The number of aliphatic hydroxyl groups is 1. The Hall–Kier alpha value is -1.30. The highest BCUT2D eigenvalue weighted by molar-refractivity contribution is 6.35. The summed E-state index contributed by atoms with van der Waals surface area (Å²) in [5.41, 5.74) is 0.362. The summed E-state index contributed by atoms with van der Waals surface area (Å²) in [7, 11) is 0. The molecular formula is C13H14Cl2N2O3. The van der Waals surface area contributed by atoms with Crippen LogP contribution in [0.25, 0.3) is 0 Å². The first-order valence-electron chi connectivity index (χ1n) is 6.16. The Balaban J connectivity index is 2.05. The molecule has 0 atom stereocenters. The standard InChI is InChI=1S/C13H14Cl2N2O3/c14-9-1-2-11(15)10(7-9)13(20)17-5-3-16(4-6-17)12(19)8-18/h1-2,7,18H,3-6,8H2. The number of rotatable bonds is 2. The molecule has 7 heteroatoms. The van der Waals surface area contributed by atoms with Gasteiger partial charge in [-0.3, -0.25) is 9.59 Å². The highest BCUT2D eigenvalue weighted by Crippen LogP contribution is 2.22. The lowest BCUT2D eigenvalue weighted by atomic mass is 10.1. The molecular weight excluding hydrogens is 303 g/mol. The van der Waals surface area contributed by atoms with Crippen LogP contribution in [-0.4, -0.2) is 59.5 Å². The van der Waals surface area contributed by atoms with E-state index in [1.165, 1.54) is 11.0 Å². The largest absolute Gasteiger partial charge is 0.387 e. The van der Waals surface area contributed by atoms with E-state index in [1.807, 2.05) is 0 Å². The summed E-state index contributed by atoms with van der Waals surface area (Å²) in [6.45, 7) is 1.13. The van der Waals surface area contributed by atoms with Crippen molar-refractivity contribution in [2.75, 3.05) is 32.8 Å². The molecule has 1 fully saturated rings. The van der Waals surface area contributed by atoms with E-state index in [1.54, 1.807) is 17.0 Å². The Bertz CT molecular complexity index is 528. The lowest BCUT2D eigenvalue weighted by Crippen LogP contribution is -2.51. The second-order valence-corrected chi connectivity index (χ2v) is 5.30. The van der Waals surface area contributed by atoms with Gasteiger partial charge < -0.3 is 14.9 Å². The van der Waals surface area contributed by atoms with Gasteiger partial charge in [0.25, 0.3) is 5.91 Å². The molecule has 1 heterocycles. The van der Waals surface area contributed by atoms with Crippen LogP contribution in [0.2, 0.25) is 10.0 Å². The minimum Gasteiger partial charge on any atom is -0.387 e. The number of amides is 2. The molecule has 1 aliphatic rings. The molecule has 1 N–H and O–H groups in total. The second kappa shape index (κ2) is 6.43. The van der Waals surface area contributed by atoms with Crippen LogP contribution in [0.15, 0.2) is 18.2 Å². The van der Waals surface area contributed by atoms with E-state index in [9.17, 15) is 9.59 Å². The highest BCUT2D eigenvalue weighted by atomic mass is 35.5. The van der Waals surface area contributed by atoms with Gasteiger partial charge in [-0.1, -0.05) is 23.2 Å². The van der Waals surface area contributed by atoms with Gasteiger partial charge in [-0.05, 0) is 18.2 Å². The van der Waals surface area contributed by atoms with Gasteiger partial charge in [0.1, 0.15) is 6.61 Å². The number of halogens is 2. The summed E-state index contributed by atoms with van der Waals surface area (Å²) in [4.78, 5) is 26.8. The minimum absolute atomic E-state index is 0.200. The first-order valence-corrected chi connectivity index (χ1v) is 6.91. The molecule has 2 amide bonds. The minimum atomic E-state index is -0.506. The molecule has 1 aromatic carbocycles. The maximum Gasteiger partial charge on any atom is 0.255 e. The number of nitrogens with zero attached hydrogens (tertiary/aromatic N) is 2. The van der Waals surface area contributed by atoms with E-state index in [-0.39, 0.29) is 11.8 Å². The van der Waals surface area contributed by atoms with Crippen LogP contribution in [0.1, 0.15) is 10.4 Å². The molecule has 2 rings (SSSR count). The summed E-state index contributed by atoms with van der Waals surface area (Å²) in [5.74, 6) is -0.522. The van der Waals surface area contributed by atoms with E-state index < -0.39 is 6.61 Å². The molecule has 1 saturated heterocycles. The van der Waals surface area contributed by atoms with Gasteiger partial charge in [0, 0.05) is 31.2 Å². The zero-order valence-electron chi connectivity index (χ0n) is 10.7. The first-order chi connectivity index (χ1) is 9.52. The molecule has 108 valence electrons. The van der Waals surface area contributed by atoms with Crippen LogP contribution < -0.4 is 0 Å². The molecule has 0 bridgehead atoms. The monoisotopic (exact) mass is 316 g/mol. The summed E-state index contributed by atoms with van der Waals surface area (Å²) in [6.07, 6.45) is 0. The van der Waals surface area contributed by atoms with E-state index in [2.05, 4.69) is 0 Å². The zero-order chi connectivity index (χ0) is 14.7. The average molecular weight is 317 g/mol. The molecule has 0 aromatic heterocycles. The van der Waals surface area contributed by atoms with Gasteiger partial charge in [0.2, 0.25) is 5.91 Å². The van der Waals surface area contributed by atoms with Gasteiger partial charge in [0.15, 0.2) is 0 Å². The third kappa shape index (κ3) is 3.23. The Morgan fingerprint density at radius 1 is 1.10 bits per heavy atom. The maximum atomic E-state index is 12.3. The second-order valence-electron chi connectivity index (χ2n) is 4.46. The number of aliphatic hydroxyl groups excluding tert-OH is 1. The number of carbonyl (C=O) groups excluding carboxylic acids is 2. The summed E-state index contributed by atoms with van der Waals surface area (Å²) < 4.78 is 0. The molecule has 0 radical (unpaired) electrons. The van der Waals surface area contributed by atoms with E-state index >= 15 is 0 Å². The van der Waals surface area contributed by atoms with Crippen molar-refractivity contribution >= 4 is 35.0 Å². The fourth-order valence-corrected chi connectivity index (χ4v) is 2.46. The predicted molar refractivity (Wildman–Crippen MR) is 76.0 cm³/mol. The molecule has 20 heavy (non-hydrogen) atoms. The van der Waals surface area contributed by atoms with Crippen molar-refractivity contribution in [1.82, 2.24) is 9.80 Å². The quantitative estimate of drug-likeness (QED) is 0.894. The molecule has 1 aliphatic heterocycles. The SMILES string of the molecule is O=C(CO)N1CCN(C(=O)c2cc(Cl)ccc2Cl)CC1. The number of hydrogen-bond acceptors (Lipinski definition) is 3. The van der Waals surface area contributed by atoms with E-state index in [0.717, 1.165) is 0 Å². The van der Waals surface area contributed by atoms with Crippen LogP contribution in [-0.2, 0) is 4.79 Å². The normalized spacial score (nSPS) is 15.3. The Labute approximate surface area is 126 Å². The van der Waals surface area contributed by atoms with Crippen LogP contribution in [0, 0.1) is 0 Å². The highest BCUT2D eigenvalue weighted by Gasteiger charge is 2.25. The van der Waals surface area contributed by atoms with Crippen LogP contribution >= 0.6 is 23.2 Å². The van der Waals surface area contributed by atoms with Crippen molar-refractivity contribution in [2.45, 2.75) is 0 Å². The zero-order valence-corrected chi connectivity index (χ0v) is 12.2. The van der Waals surface area contributed by atoms with Crippen molar-refractivity contribution in [3.8, 4) is 0 Å². The smallest absolute Gasteiger partial charge is 0.255 e. The third-order valence-corrected chi connectivity index (χ3v) is 3.78. The lowest BCUT2D eigenvalue weighted by molar-refractivity contribution is -0.135. The Kier molecular flexibility index (Phi) is 4.86. The maximum absolute atomic E-state index is 12.3. The van der Waals surface area contributed by atoms with Gasteiger partial charge in [-0.25, -0.2) is 0 Å².